The smallest absolute Gasteiger partial charge is 0.0331 e. The molecule has 0 amide bonds. The molecule has 1 aliphatic carbocycles. The lowest BCUT2D eigenvalue weighted by atomic mass is 9.89. The molecule has 0 radical (unpaired) electrons. The summed E-state index contributed by atoms with van der Waals surface area (Å²) in [7, 11) is 0. The van der Waals surface area contributed by atoms with Gasteiger partial charge in [0.15, 0.2) is 0 Å². The van der Waals surface area contributed by atoms with E-state index < -0.39 is 0 Å². The van der Waals surface area contributed by atoms with E-state index in [2.05, 4.69) is 46.7 Å². The summed E-state index contributed by atoms with van der Waals surface area (Å²) in [6, 6.07) is 13.2. The van der Waals surface area contributed by atoms with E-state index in [1.807, 2.05) is 11.3 Å². The molecule has 0 saturated heterocycles. The van der Waals surface area contributed by atoms with Crippen LogP contribution in [0.5, 0.6) is 0 Å². The van der Waals surface area contributed by atoms with Gasteiger partial charge in [0.25, 0.3) is 0 Å². The Morgan fingerprint density at radius 3 is 2.35 bits per heavy atom. The molecule has 0 bridgehead atoms. The van der Waals surface area contributed by atoms with Crippen molar-refractivity contribution >= 4 is 11.3 Å². The van der Waals surface area contributed by atoms with Crippen LogP contribution < -0.4 is 5.73 Å². The molecule has 1 fully saturated rings. The van der Waals surface area contributed by atoms with Crippen molar-refractivity contribution in [2.75, 3.05) is 6.54 Å². The van der Waals surface area contributed by atoms with Crippen LogP contribution in [0.15, 0.2) is 41.8 Å². The van der Waals surface area contributed by atoms with Gasteiger partial charge in [-0.3, -0.25) is 4.90 Å². The number of nitrogens with zero attached hydrogens (tertiary/aromatic N) is 1. The van der Waals surface area contributed by atoms with E-state index >= 15 is 0 Å². The fourth-order valence-electron chi connectivity index (χ4n) is 3.58. The molecule has 2 nitrogen and oxygen atoms in total. The highest BCUT2D eigenvalue weighted by atomic mass is 32.1. The molecule has 23 heavy (non-hydrogen) atoms. The van der Waals surface area contributed by atoms with Gasteiger partial charge in [-0.25, -0.2) is 0 Å². The van der Waals surface area contributed by atoms with Crippen molar-refractivity contribution in [2.24, 2.45) is 11.7 Å². The van der Waals surface area contributed by atoms with Gasteiger partial charge in [-0.2, -0.15) is 0 Å². The lowest BCUT2D eigenvalue weighted by Gasteiger charge is -2.29. The second kappa shape index (κ2) is 8.62. The van der Waals surface area contributed by atoms with Gasteiger partial charge < -0.3 is 5.73 Å². The average Bonchev–Trinajstić information content (AvgIpc) is 3.09. The maximum atomic E-state index is 5.71. The summed E-state index contributed by atoms with van der Waals surface area (Å²) in [5.41, 5.74) is 8.32. The quantitative estimate of drug-likeness (QED) is 0.792. The molecule has 1 aromatic carbocycles. The Morgan fingerprint density at radius 2 is 1.70 bits per heavy atom. The average molecular weight is 329 g/mol. The largest absolute Gasteiger partial charge is 0.326 e. The Kier molecular flexibility index (Phi) is 6.26. The topological polar surface area (TPSA) is 29.3 Å². The van der Waals surface area contributed by atoms with Crippen molar-refractivity contribution in [1.82, 2.24) is 4.90 Å². The first-order valence-electron chi connectivity index (χ1n) is 8.86. The minimum atomic E-state index is 0.626. The van der Waals surface area contributed by atoms with E-state index in [1.165, 1.54) is 54.7 Å². The highest BCUT2D eigenvalue weighted by Crippen LogP contribution is 2.26. The Morgan fingerprint density at radius 1 is 0.957 bits per heavy atom. The Balaban J connectivity index is 1.65. The van der Waals surface area contributed by atoms with Crippen LogP contribution in [0.1, 0.15) is 48.1 Å². The Bertz CT molecular complexity index is 556. The van der Waals surface area contributed by atoms with Crippen LogP contribution in [0.4, 0.5) is 0 Å². The predicted molar refractivity (Wildman–Crippen MR) is 99.3 cm³/mol. The van der Waals surface area contributed by atoms with Crippen LogP contribution in [-0.2, 0) is 19.6 Å². The van der Waals surface area contributed by atoms with Gasteiger partial charge in [0.1, 0.15) is 0 Å². The standard InChI is InChI=1S/C20H28N2S/c21-13-17-8-10-19(11-9-17)15-22(16-20-7-4-12-23-20)14-18-5-2-1-3-6-18/h4,7-12,18H,1-3,5-6,13-16,21H2. The molecule has 124 valence electrons. The van der Waals surface area contributed by atoms with E-state index in [-0.39, 0.29) is 0 Å². The first-order valence-corrected chi connectivity index (χ1v) is 9.74. The van der Waals surface area contributed by atoms with Crippen LogP contribution in [0.25, 0.3) is 0 Å². The normalized spacial score (nSPS) is 16.1. The molecular weight excluding hydrogens is 300 g/mol. The zero-order valence-corrected chi connectivity index (χ0v) is 14.7. The van der Waals surface area contributed by atoms with E-state index in [4.69, 9.17) is 5.73 Å². The molecule has 0 atom stereocenters. The third-order valence-corrected chi connectivity index (χ3v) is 5.73. The summed E-state index contributed by atoms with van der Waals surface area (Å²) in [6.45, 7) is 3.98. The summed E-state index contributed by atoms with van der Waals surface area (Å²) in [5.74, 6) is 0.882. The number of hydrogen-bond donors (Lipinski definition) is 1. The van der Waals surface area contributed by atoms with Crippen molar-refractivity contribution in [2.45, 2.75) is 51.7 Å². The first-order chi connectivity index (χ1) is 11.3. The number of nitrogens with two attached hydrogens (primary N) is 1. The second-order valence-electron chi connectivity index (χ2n) is 6.77. The molecule has 2 N–H and O–H groups in total. The Labute approximate surface area is 144 Å². The van der Waals surface area contributed by atoms with Crippen molar-refractivity contribution in [3.63, 3.8) is 0 Å². The maximum Gasteiger partial charge on any atom is 0.0331 e. The van der Waals surface area contributed by atoms with Gasteiger partial charge in [-0.05, 0) is 41.3 Å². The molecule has 1 heterocycles. The molecular formula is C20H28N2S. The molecule has 0 spiro atoms. The molecule has 1 aromatic heterocycles. The lowest BCUT2D eigenvalue weighted by molar-refractivity contribution is 0.188. The molecule has 3 rings (SSSR count). The summed E-state index contributed by atoms with van der Waals surface area (Å²) in [4.78, 5) is 4.11. The summed E-state index contributed by atoms with van der Waals surface area (Å²) >= 11 is 1.87. The van der Waals surface area contributed by atoms with Crippen LogP contribution in [0, 0.1) is 5.92 Å². The summed E-state index contributed by atoms with van der Waals surface area (Å²) < 4.78 is 0. The van der Waals surface area contributed by atoms with Crippen molar-refractivity contribution in [3.8, 4) is 0 Å². The molecule has 1 saturated carbocycles. The second-order valence-corrected chi connectivity index (χ2v) is 7.81. The molecule has 0 aliphatic heterocycles. The fourth-order valence-corrected chi connectivity index (χ4v) is 4.33. The third kappa shape index (κ3) is 5.17. The number of rotatable bonds is 7. The van der Waals surface area contributed by atoms with Gasteiger partial charge in [0, 0.05) is 31.1 Å². The third-order valence-electron chi connectivity index (χ3n) is 4.87. The monoisotopic (exact) mass is 328 g/mol. The molecule has 0 unspecified atom stereocenters. The zero-order valence-electron chi connectivity index (χ0n) is 13.9. The van der Waals surface area contributed by atoms with Crippen molar-refractivity contribution < 1.29 is 0 Å². The number of thiophene rings is 1. The Hall–Kier alpha value is -1.16. The fraction of sp³-hybridized carbons (Fsp3) is 0.500. The van der Waals surface area contributed by atoms with Gasteiger partial charge in [-0.15, -0.1) is 11.3 Å². The minimum absolute atomic E-state index is 0.626. The lowest BCUT2D eigenvalue weighted by Crippen LogP contribution is -2.29. The van der Waals surface area contributed by atoms with E-state index in [0.29, 0.717) is 6.54 Å². The number of benzene rings is 1. The summed E-state index contributed by atoms with van der Waals surface area (Å²) in [6.07, 6.45) is 7.09. The van der Waals surface area contributed by atoms with Crippen molar-refractivity contribution in [1.29, 1.82) is 0 Å². The molecule has 1 aliphatic rings. The number of hydrogen-bond acceptors (Lipinski definition) is 3. The highest BCUT2D eigenvalue weighted by molar-refractivity contribution is 7.09. The first kappa shape index (κ1) is 16.7. The van der Waals surface area contributed by atoms with Crippen LogP contribution in [0.3, 0.4) is 0 Å². The van der Waals surface area contributed by atoms with Crippen LogP contribution in [0.2, 0.25) is 0 Å². The van der Waals surface area contributed by atoms with Gasteiger partial charge in [0.05, 0.1) is 0 Å². The van der Waals surface area contributed by atoms with Crippen molar-refractivity contribution in [3.05, 3.63) is 57.8 Å². The SMILES string of the molecule is NCc1ccc(CN(Cc2cccs2)CC2CCCCC2)cc1. The minimum Gasteiger partial charge on any atom is -0.326 e. The highest BCUT2D eigenvalue weighted by Gasteiger charge is 2.18. The van der Waals surface area contributed by atoms with Crippen LogP contribution in [-0.4, -0.2) is 11.4 Å². The van der Waals surface area contributed by atoms with Gasteiger partial charge in [0.2, 0.25) is 0 Å². The molecule has 3 heteroatoms. The zero-order chi connectivity index (χ0) is 15.9. The summed E-state index contributed by atoms with van der Waals surface area (Å²) in [5, 5.41) is 2.18. The van der Waals surface area contributed by atoms with Gasteiger partial charge in [-0.1, -0.05) is 49.6 Å². The molecule has 2 aromatic rings. The van der Waals surface area contributed by atoms with Gasteiger partial charge >= 0.3 is 0 Å². The van der Waals surface area contributed by atoms with Crippen LogP contribution >= 0.6 is 11.3 Å². The van der Waals surface area contributed by atoms with E-state index in [1.54, 1.807) is 0 Å². The predicted octanol–water partition coefficient (Wildman–Crippen LogP) is 4.79. The van der Waals surface area contributed by atoms with E-state index in [9.17, 15) is 0 Å². The van der Waals surface area contributed by atoms with E-state index in [0.717, 1.165) is 19.0 Å². The maximum absolute atomic E-state index is 5.71.